The molecule has 1 unspecified atom stereocenters. The van der Waals surface area contributed by atoms with E-state index in [4.69, 9.17) is 0 Å². The van der Waals surface area contributed by atoms with Crippen molar-refractivity contribution in [3.05, 3.63) is 63.1 Å². The number of aromatic nitrogens is 1. The Kier molecular flexibility index (Phi) is 7.38. The van der Waals surface area contributed by atoms with Gasteiger partial charge in [-0.3, -0.25) is 9.59 Å². The maximum absolute atomic E-state index is 13.8. The summed E-state index contributed by atoms with van der Waals surface area (Å²) in [6, 6.07) is 4.11. The van der Waals surface area contributed by atoms with Gasteiger partial charge in [0.15, 0.2) is 0 Å². The molecule has 2 fully saturated rings. The lowest BCUT2D eigenvalue weighted by Crippen LogP contribution is -2.40. The number of hydrogen-bond acceptors (Lipinski definition) is 4. The first kappa shape index (κ1) is 27.1. The Bertz CT molecular complexity index is 1210. The average molecular weight is 527 g/mol. The Morgan fingerprint density at radius 1 is 1.16 bits per heavy atom. The number of pyridine rings is 1. The Labute approximate surface area is 211 Å². The third-order valence-electron chi connectivity index (χ3n) is 7.52. The molecule has 1 atom stereocenters. The van der Waals surface area contributed by atoms with Crippen molar-refractivity contribution in [1.29, 1.82) is 0 Å². The zero-order valence-corrected chi connectivity index (χ0v) is 21.0. The molecule has 37 heavy (non-hydrogen) atoms. The number of halogens is 5. The van der Waals surface area contributed by atoms with Crippen LogP contribution in [0.15, 0.2) is 35.3 Å². The van der Waals surface area contributed by atoms with Crippen molar-refractivity contribution >= 4 is 11.6 Å². The molecule has 4 rings (SSSR count). The lowest BCUT2D eigenvalue weighted by molar-refractivity contribution is -0.138. The fourth-order valence-corrected chi connectivity index (χ4v) is 5.03. The monoisotopic (exact) mass is 526 g/mol. The third kappa shape index (κ3) is 5.51. The predicted molar refractivity (Wildman–Crippen MR) is 130 cm³/mol. The standard InChI is InChI=1S/C26H31F5N4O2/c1-15-18(5-4-6-20(15)26(29,30)31)16(2)32-23(37)19-14-35(25(9-10-25)24(27)28)22(36)13-21(19)33-17-7-11-34(3)12-8-17/h4-6,13-14,16-17,24,33H,7-12H2,1-3H3,(H,32,37). The predicted octanol–water partition coefficient (Wildman–Crippen LogP) is 4.93. The molecule has 1 aromatic heterocycles. The average Bonchev–Trinajstić information content (AvgIpc) is 3.62. The topological polar surface area (TPSA) is 66.4 Å². The van der Waals surface area contributed by atoms with Crippen molar-refractivity contribution in [2.24, 2.45) is 0 Å². The number of rotatable bonds is 7. The van der Waals surface area contributed by atoms with E-state index in [1.165, 1.54) is 31.3 Å². The Morgan fingerprint density at radius 3 is 2.38 bits per heavy atom. The van der Waals surface area contributed by atoms with Crippen LogP contribution in [0.2, 0.25) is 0 Å². The van der Waals surface area contributed by atoms with Crippen molar-refractivity contribution in [3.63, 3.8) is 0 Å². The van der Waals surface area contributed by atoms with Crippen LogP contribution in [0.5, 0.6) is 0 Å². The van der Waals surface area contributed by atoms with Gasteiger partial charge in [-0.05, 0) is 76.9 Å². The van der Waals surface area contributed by atoms with Gasteiger partial charge in [-0.25, -0.2) is 8.78 Å². The summed E-state index contributed by atoms with van der Waals surface area (Å²) in [6.45, 7) is 4.53. The normalized spacial score (nSPS) is 19.1. The summed E-state index contributed by atoms with van der Waals surface area (Å²) in [6.07, 6.45) is -4.39. The molecule has 2 N–H and O–H groups in total. The number of piperidine rings is 1. The largest absolute Gasteiger partial charge is 0.416 e. The van der Waals surface area contributed by atoms with Crippen molar-refractivity contribution < 1.29 is 26.7 Å². The first-order valence-corrected chi connectivity index (χ1v) is 12.3. The molecule has 2 heterocycles. The minimum Gasteiger partial charge on any atom is -0.381 e. The summed E-state index contributed by atoms with van der Waals surface area (Å²) < 4.78 is 68.8. The van der Waals surface area contributed by atoms with Gasteiger partial charge in [0.1, 0.15) is 5.54 Å². The molecular weight excluding hydrogens is 495 g/mol. The van der Waals surface area contributed by atoms with E-state index in [1.54, 1.807) is 6.92 Å². The van der Waals surface area contributed by atoms with Crippen molar-refractivity contribution in [2.75, 3.05) is 25.5 Å². The number of benzene rings is 1. The number of alkyl halides is 5. The molecule has 2 aromatic rings. The van der Waals surface area contributed by atoms with Gasteiger partial charge in [-0.15, -0.1) is 0 Å². The van der Waals surface area contributed by atoms with Crippen LogP contribution in [0, 0.1) is 6.92 Å². The summed E-state index contributed by atoms with van der Waals surface area (Å²) in [7, 11) is 1.99. The number of nitrogens with one attached hydrogen (secondary N) is 2. The number of amides is 1. The minimum atomic E-state index is -4.54. The number of nitrogens with zero attached hydrogens (tertiary/aromatic N) is 2. The second kappa shape index (κ2) is 10.1. The fraction of sp³-hybridized carbons (Fsp3) is 0.538. The second-order valence-corrected chi connectivity index (χ2v) is 10.1. The van der Waals surface area contributed by atoms with E-state index in [1.807, 2.05) is 7.05 Å². The van der Waals surface area contributed by atoms with E-state index >= 15 is 0 Å². The Morgan fingerprint density at radius 2 is 1.81 bits per heavy atom. The molecule has 1 aromatic carbocycles. The molecule has 0 bridgehead atoms. The molecule has 6 nitrogen and oxygen atoms in total. The highest BCUT2D eigenvalue weighted by atomic mass is 19.4. The molecule has 1 amide bonds. The van der Waals surface area contributed by atoms with Crippen LogP contribution in [0.1, 0.15) is 65.7 Å². The van der Waals surface area contributed by atoms with Crippen LogP contribution >= 0.6 is 0 Å². The number of hydrogen-bond donors (Lipinski definition) is 2. The molecule has 1 aliphatic carbocycles. The first-order chi connectivity index (χ1) is 17.3. The third-order valence-corrected chi connectivity index (χ3v) is 7.52. The van der Waals surface area contributed by atoms with E-state index in [2.05, 4.69) is 15.5 Å². The lowest BCUT2D eigenvalue weighted by Gasteiger charge is -2.31. The molecule has 2 aliphatic rings. The van der Waals surface area contributed by atoms with Crippen LogP contribution in [0.3, 0.4) is 0 Å². The number of carbonyl (C=O) groups excluding carboxylic acids is 1. The van der Waals surface area contributed by atoms with Gasteiger partial charge in [-0.1, -0.05) is 12.1 Å². The lowest BCUT2D eigenvalue weighted by atomic mass is 9.97. The van der Waals surface area contributed by atoms with Crippen molar-refractivity contribution in [1.82, 2.24) is 14.8 Å². The SMILES string of the molecule is Cc1c(C(C)NC(=O)c2cn(C3(C(F)F)CC3)c(=O)cc2NC2CCN(C)CC2)cccc1C(F)(F)F. The molecular formula is C26H31F5N4O2. The van der Waals surface area contributed by atoms with Gasteiger partial charge < -0.3 is 20.1 Å². The summed E-state index contributed by atoms with van der Waals surface area (Å²) in [5.74, 6) is -0.668. The van der Waals surface area contributed by atoms with Gasteiger partial charge in [0.25, 0.3) is 17.9 Å². The Balaban J connectivity index is 1.67. The van der Waals surface area contributed by atoms with Crippen LogP contribution in [0.4, 0.5) is 27.6 Å². The summed E-state index contributed by atoms with van der Waals surface area (Å²) >= 11 is 0. The highest BCUT2D eigenvalue weighted by molar-refractivity contribution is 5.99. The molecule has 0 radical (unpaired) electrons. The zero-order valence-electron chi connectivity index (χ0n) is 21.0. The number of carbonyl (C=O) groups is 1. The van der Waals surface area contributed by atoms with E-state index < -0.39 is 41.2 Å². The number of likely N-dealkylation sites (tertiary alicyclic amines) is 1. The van der Waals surface area contributed by atoms with E-state index in [0.717, 1.165) is 36.6 Å². The van der Waals surface area contributed by atoms with E-state index in [9.17, 15) is 31.5 Å². The van der Waals surface area contributed by atoms with E-state index in [0.29, 0.717) is 0 Å². The molecule has 0 spiro atoms. The molecule has 1 aliphatic heterocycles. The van der Waals surface area contributed by atoms with Crippen LogP contribution in [-0.2, 0) is 11.7 Å². The summed E-state index contributed by atoms with van der Waals surface area (Å²) in [5.41, 5.74) is -2.56. The second-order valence-electron chi connectivity index (χ2n) is 10.1. The smallest absolute Gasteiger partial charge is 0.381 e. The fourth-order valence-electron chi connectivity index (χ4n) is 5.03. The van der Waals surface area contributed by atoms with Crippen molar-refractivity contribution in [3.8, 4) is 0 Å². The molecule has 1 saturated heterocycles. The Hall–Kier alpha value is -2.95. The van der Waals surface area contributed by atoms with Gasteiger partial charge in [-0.2, -0.15) is 13.2 Å². The van der Waals surface area contributed by atoms with Gasteiger partial charge in [0.05, 0.1) is 22.9 Å². The summed E-state index contributed by atoms with van der Waals surface area (Å²) in [4.78, 5) is 28.5. The quantitative estimate of drug-likeness (QED) is 0.503. The number of anilines is 1. The highest BCUT2D eigenvalue weighted by Crippen LogP contribution is 2.48. The first-order valence-electron chi connectivity index (χ1n) is 12.3. The maximum Gasteiger partial charge on any atom is 0.416 e. The summed E-state index contributed by atoms with van der Waals surface area (Å²) in [5, 5.41) is 5.94. The maximum atomic E-state index is 13.8. The van der Waals surface area contributed by atoms with Gasteiger partial charge >= 0.3 is 6.18 Å². The van der Waals surface area contributed by atoms with Crippen molar-refractivity contribution in [2.45, 2.75) is 69.8 Å². The molecule has 1 saturated carbocycles. The van der Waals surface area contributed by atoms with Crippen LogP contribution in [-0.4, -0.2) is 48.0 Å². The van der Waals surface area contributed by atoms with Gasteiger partial charge in [0, 0.05) is 18.3 Å². The highest BCUT2D eigenvalue weighted by Gasteiger charge is 2.53. The molecule has 202 valence electrons. The van der Waals surface area contributed by atoms with Crippen LogP contribution in [0.25, 0.3) is 0 Å². The van der Waals surface area contributed by atoms with Gasteiger partial charge in [0.2, 0.25) is 0 Å². The van der Waals surface area contributed by atoms with E-state index in [-0.39, 0.29) is 41.3 Å². The minimum absolute atomic E-state index is 0.00179. The van der Waals surface area contributed by atoms with Crippen LogP contribution < -0.4 is 16.2 Å². The zero-order chi connectivity index (χ0) is 27.1. The molecule has 11 heteroatoms.